The largest absolute Gasteiger partial charge is 0.491 e. The molecule has 1 fully saturated rings. The van der Waals surface area contributed by atoms with Crippen molar-refractivity contribution >= 4 is 16.9 Å². The van der Waals surface area contributed by atoms with Crippen LogP contribution in [0.15, 0.2) is 78.9 Å². The monoisotopic (exact) mass is 455 g/mol. The zero-order valence-electron chi connectivity index (χ0n) is 19.3. The zero-order valence-corrected chi connectivity index (χ0v) is 19.3. The van der Waals surface area contributed by atoms with Crippen molar-refractivity contribution in [2.45, 2.75) is 38.5 Å². The molecule has 4 aromatic rings. The Labute approximate surface area is 199 Å². The first kappa shape index (κ1) is 22.2. The molecule has 6 heteroatoms. The predicted octanol–water partition coefficient (Wildman–Crippen LogP) is 4.30. The van der Waals surface area contributed by atoms with Gasteiger partial charge in [0, 0.05) is 25.4 Å². The molecule has 174 valence electrons. The maximum Gasteiger partial charge on any atom is 0.223 e. The van der Waals surface area contributed by atoms with Gasteiger partial charge in [-0.3, -0.25) is 4.79 Å². The van der Waals surface area contributed by atoms with Gasteiger partial charge in [0.25, 0.3) is 0 Å². The van der Waals surface area contributed by atoms with Crippen LogP contribution in [-0.2, 0) is 17.9 Å². The van der Waals surface area contributed by atoms with E-state index in [0.29, 0.717) is 26.1 Å². The molecule has 1 N–H and O–H groups in total. The van der Waals surface area contributed by atoms with E-state index in [1.807, 2.05) is 90.7 Å². The summed E-state index contributed by atoms with van der Waals surface area (Å²) in [5, 5.41) is 10.8. The van der Waals surface area contributed by atoms with Crippen molar-refractivity contribution in [2.75, 3.05) is 13.2 Å². The van der Waals surface area contributed by atoms with Crippen LogP contribution in [0.5, 0.6) is 5.75 Å². The highest BCUT2D eigenvalue weighted by molar-refractivity contribution is 5.81. The average Bonchev–Trinajstić information content (AvgIpc) is 3.39. The standard InChI is InChI=1S/C28H29N3O3/c1-20-11-13-24(14-12-20)34-19-23(32)18-31-26-10-6-5-9-25(26)29-28(31)22-15-27(33)30(17-22)16-21-7-3-2-4-8-21/h2-14,22-23,32H,15-19H2,1H3/t22-,23+/m1/s1. The molecule has 0 aliphatic carbocycles. The molecular weight excluding hydrogens is 426 g/mol. The fraction of sp³-hybridized carbons (Fsp3) is 0.286. The van der Waals surface area contributed by atoms with Crippen molar-refractivity contribution in [1.82, 2.24) is 14.5 Å². The summed E-state index contributed by atoms with van der Waals surface area (Å²) in [5.74, 6) is 1.70. The summed E-state index contributed by atoms with van der Waals surface area (Å²) in [7, 11) is 0. The van der Waals surface area contributed by atoms with Crippen LogP contribution in [0.1, 0.15) is 29.3 Å². The van der Waals surface area contributed by atoms with Crippen LogP contribution < -0.4 is 4.74 Å². The van der Waals surface area contributed by atoms with Crippen LogP contribution in [0.3, 0.4) is 0 Å². The van der Waals surface area contributed by atoms with Gasteiger partial charge in [0.1, 0.15) is 24.3 Å². The van der Waals surface area contributed by atoms with Gasteiger partial charge in [-0.1, -0.05) is 60.2 Å². The lowest BCUT2D eigenvalue weighted by molar-refractivity contribution is -0.128. The van der Waals surface area contributed by atoms with Gasteiger partial charge in [0.15, 0.2) is 0 Å². The Balaban J connectivity index is 1.33. The quantitative estimate of drug-likeness (QED) is 0.430. The highest BCUT2D eigenvalue weighted by Gasteiger charge is 2.34. The van der Waals surface area contributed by atoms with Gasteiger partial charge in [0.2, 0.25) is 5.91 Å². The normalized spacial score (nSPS) is 16.8. The topological polar surface area (TPSA) is 67.6 Å². The Morgan fingerprint density at radius 3 is 2.56 bits per heavy atom. The first-order valence-electron chi connectivity index (χ1n) is 11.7. The van der Waals surface area contributed by atoms with Crippen molar-refractivity contribution in [3.8, 4) is 5.75 Å². The number of hydrogen-bond donors (Lipinski definition) is 1. The number of carbonyl (C=O) groups excluding carboxylic acids is 1. The summed E-state index contributed by atoms with van der Waals surface area (Å²) in [5.41, 5.74) is 4.11. The summed E-state index contributed by atoms with van der Waals surface area (Å²) in [6, 6.07) is 25.8. The number of nitrogens with zero attached hydrogens (tertiary/aromatic N) is 3. The Morgan fingerprint density at radius 2 is 1.76 bits per heavy atom. The van der Waals surface area contributed by atoms with E-state index < -0.39 is 6.10 Å². The molecule has 1 aliphatic rings. The van der Waals surface area contributed by atoms with Crippen LogP contribution in [0.2, 0.25) is 0 Å². The number of para-hydroxylation sites is 2. The van der Waals surface area contributed by atoms with Crippen LogP contribution in [0.25, 0.3) is 11.0 Å². The molecule has 1 amide bonds. The second-order valence-corrected chi connectivity index (χ2v) is 9.01. The van der Waals surface area contributed by atoms with Gasteiger partial charge < -0.3 is 19.3 Å². The summed E-state index contributed by atoms with van der Waals surface area (Å²) in [6.45, 7) is 3.78. The molecule has 2 heterocycles. The number of carbonyl (C=O) groups is 1. The van der Waals surface area contributed by atoms with Gasteiger partial charge in [-0.15, -0.1) is 0 Å². The Hall–Kier alpha value is -3.64. The fourth-order valence-electron chi connectivity index (χ4n) is 4.59. The lowest BCUT2D eigenvalue weighted by Gasteiger charge is -2.19. The summed E-state index contributed by atoms with van der Waals surface area (Å²) < 4.78 is 7.86. The summed E-state index contributed by atoms with van der Waals surface area (Å²) >= 11 is 0. The first-order chi connectivity index (χ1) is 16.6. The van der Waals surface area contributed by atoms with Crippen molar-refractivity contribution in [1.29, 1.82) is 0 Å². The molecule has 5 rings (SSSR count). The molecule has 0 radical (unpaired) electrons. The number of rotatable bonds is 8. The van der Waals surface area contributed by atoms with E-state index in [0.717, 1.165) is 33.7 Å². The highest BCUT2D eigenvalue weighted by Crippen LogP contribution is 2.31. The van der Waals surface area contributed by atoms with E-state index in [-0.39, 0.29) is 18.4 Å². The van der Waals surface area contributed by atoms with Gasteiger partial charge in [0.05, 0.1) is 17.6 Å². The van der Waals surface area contributed by atoms with Crippen molar-refractivity contribution in [2.24, 2.45) is 0 Å². The smallest absolute Gasteiger partial charge is 0.223 e. The maximum absolute atomic E-state index is 12.8. The van der Waals surface area contributed by atoms with Gasteiger partial charge >= 0.3 is 0 Å². The molecule has 0 spiro atoms. The third-order valence-corrected chi connectivity index (χ3v) is 6.34. The molecule has 0 unspecified atom stereocenters. The second-order valence-electron chi connectivity index (χ2n) is 9.01. The number of benzene rings is 3. The van der Waals surface area contributed by atoms with Crippen LogP contribution in [0.4, 0.5) is 0 Å². The molecular formula is C28H29N3O3. The van der Waals surface area contributed by atoms with Crippen molar-refractivity contribution < 1.29 is 14.6 Å². The molecule has 0 saturated carbocycles. The number of imidazole rings is 1. The summed E-state index contributed by atoms with van der Waals surface area (Å²) in [4.78, 5) is 19.6. The molecule has 0 bridgehead atoms. The number of aliphatic hydroxyl groups excluding tert-OH is 1. The Morgan fingerprint density at radius 1 is 1.03 bits per heavy atom. The number of aliphatic hydroxyl groups is 1. The minimum atomic E-state index is -0.713. The molecule has 34 heavy (non-hydrogen) atoms. The number of fused-ring (bicyclic) bond motifs is 1. The van der Waals surface area contributed by atoms with Gasteiger partial charge in [-0.2, -0.15) is 0 Å². The van der Waals surface area contributed by atoms with Gasteiger partial charge in [-0.25, -0.2) is 4.98 Å². The average molecular weight is 456 g/mol. The van der Waals surface area contributed by atoms with E-state index >= 15 is 0 Å². The summed E-state index contributed by atoms with van der Waals surface area (Å²) in [6.07, 6.45) is -0.290. The fourth-order valence-corrected chi connectivity index (χ4v) is 4.59. The minimum absolute atomic E-state index is 0.0196. The van der Waals surface area contributed by atoms with E-state index in [4.69, 9.17) is 9.72 Å². The lowest BCUT2D eigenvalue weighted by Crippen LogP contribution is -2.26. The first-order valence-corrected chi connectivity index (χ1v) is 11.7. The third kappa shape index (κ3) is 4.82. The number of aromatic nitrogens is 2. The van der Waals surface area contributed by atoms with Crippen LogP contribution in [-0.4, -0.2) is 44.7 Å². The van der Waals surface area contributed by atoms with E-state index in [1.54, 1.807) is 0 Å². The van der Waals surface area contributed by atoms with E-state index in [1.165, 1.54) is 0 Å². The number of aryl methyl sites for hydroxylation is 1. The Bertz CT molecular complexity index is 1270. The van der Waals surface area contributed by atoms with Crippen LogP contribution >= 0.6 is 0 Å². The third-order valence-electron chi connectivity index (χ3n) is 6.34. The number of hydrogen-bond acceptors (Lipinski definition) is 4. The molecule has 1 aliphatic heterocycles. The minimum Gasteiger partial charge on any atom is -0.491 e. The maximum atomic E-state index is 12.8. The molecule has 3 aromatic carbocycles. The van der Waals surface area contributed by atoms with Crippen molar-refractivity contribution in [3.63, 3.8) is 0 Å². The SMILES string of the molecule is Cc1ccc(OC[C@@H](O)Cn2c([C@@H]3CC(=O)N(Cc4ccccc4)C3)nc3ccccc32)cc1. The second kappa shape index (κ2) is 9.69. The van der Waals surface area contributed by atoms with E-state index in [9.17, 15) is 9.90 Å². The van der Waals surface area contributed by atoms with Crippen LogP contribution in [0, 0.1) is 6.92 Å². The molecule has 1 saturated heterocycles. The molecule has 6 nitrogen and oxygen atoms in total. The van der Waals surface area contributed by atoms with Crippen molar-refractivity contribution in [3.05, 3.63) is 95.8 Å². The lowest BCUT2D eigenvalue weighted by atomic mass is 10.1. The number of ether oxygens (including phenoxy) is 1. The number of likely N-dealkylation sites (tertiary alicyclic amines) is 1. The van der Waals surface area contributed by atoms with E-state index in [2.05, 4.69) is 4.57 Å². The number of amides is 1. The molecule has 1 aromatic heterocycles. The Kier molecular flexibility index (Phi) is 6.32. The zero-order chi connectivity index (χ0) is 23.5. The highest BCUT2D eigenvalue weighted by atomic mass is 16.5. The molecule has 2 atom stereocenters. The predicted molar refractivity (Wildman–Crippen MR) is 132 cm³/mol. The van der Waals surface area contributed by atoms with Gasteiger partial charge in [-0.05, 0) is 36.8 Å².